The molecule has 4 heterocycles. The van der Waals surface area contributed by atoms with Gasteiger partial charge in [-0.1, -0.05) is 12.1 Å². The number of benzene rings is 1. The van der Waals surface area contributed by atoms with Gasteiger partial charge in [0.1, 0.15) is 22.8 Å². The van der Waals surface area contributed by atoms with Gasteiger partial charge in [-0.15, -0.1) is 0 Å². The smallest absolute Gasteiger partial charge is 0.225 e. The first-order chi connectivity index (χ1) is 18.1. The molecule has 1 fully saturated rings. The number of fused-ring (bicyclic) bond motifs is 3. The van der Waals surface area contributed by atoms with Crippen LogP contribution in [0.1, 0.15) is 37.6 Å². The first kappa shape index (κ1) is 26.2. The molecule has 12 heteroatoms. The number of methoxy groups -OCH3 is 1. The Kier molecular flexibility index (Phi) is 6.95. The van der Waals surface area contributed by atoms with Gasteiger partial charge in [-0.25, -0.2) is 13.4 Å². The number of nitrogens with one attached hydrogen (secondary N) is 1. The van der Waals surface area contributed by atoms with E-state index in [0.717, 1.165) is 16.9 Å². The Bertz CT molecular complexity index is 1410. The molecule has 0 saturated carbocycles. The fourth-order valence-electron chi connectivity index (χ4n) is 4.68. The standard InChI is InChI=1S/C26H34N6O5S/c1-17-14-36-15-20-16-37-22-23(26(2,3)38(5,33)34)29-25(30-24(22)32(17)20)27-10-19-11-28-31(13-19)12-18-6-8-21(35-4)9-7-18/h6-9,11,13,17,20H,10,12,14-16H2,1-5H3,(H,27,29,30)/t17-,20+/m1/s1. The van der Waals surface area contributed by atoms with Gasteiger partial charge >= 0.3 is 0 Å². The molecular weight excluding hydrogens is 508 g/mol. The molecule has 0 amide bonds. The maximum absolute atomic E-state index is 12.8. The third-order valence-electron chi connectivity index (χ3n) is 7.19. The number of sulfone groups is 1. The lowest BCUT2D eigenvalue weighted by Crippen LogP contribution is -2.56. The number of hydrogen-bond acceptors (Lipinski definition) is 10. The molecule has 2 aromatic heterocycles. The van der Waals surface area contributed by atoms with Gasteiger partial charge in [-0.3, -0.25) is 4.68 Å². The SMILES string of the molecule is COc1ccc(Cn2cc(CNc3nc4c(c(C(C)(C)S(C)(=O)=O)n3)OC[C@@H]3COC[C@@H](C)N43)cn2)cc1. The highest BCUT2D eigenvalue weighted by Gasteiger charge is 2.43. The fraction of sp³-hybridized carbons (Fsp3) is 0.500. The third kappa shape index (κ3) is 5.02. The van der Waals surface area contributed by atoms with Crippen molar-refractivity contribution in [2.75, 3.05) is 43.4 Å². The minimum absolute atomic E-state index is 0.000572. The summed E-state index contributed by atoms with van der Waals surface area (Å²) in [6.45, 7) is 7.87. The average molecular weight is 543 g/mol. The van der Waals surface area contributed by atoms with Crippen molar-refractivity contribution in [3.05, 3.63) is 53.5 Å². The number of aromatic nitrogens is 4. The molecule has 204 valence electrons. The van der Waals surface area contributed by atoms with Gasteiger partial charge in [-0.05, 0) is 38.5 Å². The lowest BCUT2D eigenvalue weighted by molar-refractivity contribution is 0.0482. The summed E-state index contributed by atoms with van der Waals surface area (Å²) in [5.74, 6) is 2.16. The van der Waals surface area contributed by atoms with Crippen molar-refractivity contribution in [3.63, 3.8) is 0 Å². The Balaban J connectivity index is 1.41. The molecule has 11 nitrogen and oxygen atoms in total. The number of anilines is 2. The number of rotatable bonds is 8. The van der Waals surface area contributed by atoms with Crippen LogP contribution >= 0.6 is 0 Å². The number of ether oxygens (including phenoxy) is 3. The molecule has 2 aliphatic heterocycles. The van der Waals surface area contributed by atoms with Gasteiger partial charge in [0.05, 0.1) is 45.1 Å². The molecule has 2 atom stereocenters. The maximum Gasteiger partial charge on any atom is 0.225 e. The van der Waals surface area contributed by atoms with Crippen LogP contribution in [-0.2, 0) is 32.4 Å². The summed E-state index contributed by atoms with van der Waals surface area (Å²) in [6, 6.07) is 7.92. The van der Waals surface area contributed by atoms with Crippen LogP contribution in [0.15, 0.2) is 36.7 Å². The monoisotopic (exact) mass is 542 g/mol. The van der Waals surface area contributed by atoms with Crippen molar-refractivity contribution in [1.82, 2.24) is 19.7 Å². The number of nitrogens with zero attached hydrogens (tertiary/aromatic N) is 5. The van der Waals surface area contributed by atoms with E-state index in [2.05, 4.69) is 27.2 Å². The summed E-state index contributed by atoms with van der Waals surface area (Å²) in [4.78, 5) is 11.6. The van der Waals surface area contributed by atoms with Crippen LogP contribution in [0.2, 0.25) is 0 Å². The Morgan fingerprint density at radius 1 is 1.13 bits per heavy atom. The van der Waals surface area contributed by atoms with E-state index in [4.69, 9.17) is 19.2 Å². The quantitative estimate of drug-likeness (QED) is 0.455. The Morgan fingerprint density at radius 2 is 1.89 bits per heavy atom. The minimum Gasteiger partial charge on any atom is -0.497 e. The highest BCUT2D eigenvalue weighted by molar-refractivity contribution is 7.91. The average Bonchev–Trinajstić information content (AvgIpc) is 3.33. The molecule has 0 unspecified atom stereocenters. The van der Waals surface area contributed by atoms with E-state index in [1.165, 1.54) is 6.26 Å². The van der Waals surface area contributed by atoms with E-state index < -0.39 is 14.6 Å². The van der Waals surface area contributed by atoms with Crippen LogP contribution < -0.4 is 19.7 Å². The minimum atomic E-state index is -3.51. The van der Waals surface area contributed by atoms with Crippen molar-refractivity contribution in [2.45, 2.75) is 50.7 Å². The van der Waals surface area contributed by atoms with Crippen molar-refractivity contribution >= 4 is 21.6 Å². The first-order valence-electron chi connectivity index (χ1n) is 12.6. The van der Waals surface area contributed by atoms with Gasteiger partial charge in [0.25, 0.3) is 0 Å². The summed E-state index contributed by atoms with van der Waals surface area (Å²) in [7, 11) is -1.86. The maximum atomic E-state index is 12.8. The topological polar surface area (TPSA) is 121 Å². The Hall–Kier alpha value is -3.38. The van der Waals surface area contributed by atoms with Crippen LogP contribution in [0.4, 0.5) is 11.8 Å². The molecule has 1 N–H and O–H groups in total. The van der Waals surface area contributed by atoms with Crippen molar-refractivity contribution in [3.8, 4) is 11.5 Å². The van der Waals surface area contributed by atoms with E-state index in [1.807, 2.05) is 35.1 Å². The second-order valence-corrected chi connectivity index (χ2v) is 12.9. The molecule has 0 aliphatic carbocycles. The third-order valence-corrected chi connectivity index (χ3v) is 9.24. The Labute approximate surface area is 223 Å². The summed E-state index contributed by atoms with van der Waals surface area (Å²) in [6.07, 6.45) is 4.97. The van der Waals surface area contributed by atoms with Crippen LogP contribution in [-0.4, -0.2) is 73.4 Å². The zero-order chi connectivity index (χ0) is 27.1. The second kappa shape index (κ2) is 10.1. The van der Waals surface area contributed by atoms with Gasteiger partial charge in [0.2, 0.25) is 5.95 Å². The normalized spacial score (nSPS) is 19.3. The molecule has 0 radical (unpaired) electrons. The molecule has 0 bridgehead atoms. The molecule has 38 heavy (non-hydrogen) atoms. The lowest BCUT2D eigenvalue weighted by Gasteiger charge is -2.45. The number of hydrogen-bond donors (Lipinski definition) is 1. The zero-order valence-electron chi connectivity index (χ0n) is 22.3. The lowest BCUT2D eigenvalue weighted by atomic mass is 10.0. The number of morpholine rings is 1. The van der Waals surface area contributed by atoms with Crippen molar-refractivity contribution < 1.29 is 22.6 Å². The molecule has 5 rings (SSSR count). The fourth-order valence-corrected chi connectivity index (χ4v) is 5.17. The molecule has 1 saturated heterocycles. The molecule has 3 aromatic rings. The molecular formula is C26H34N6O5S. The summed E-state index contributed by atoms with van der Waals surface area (Å²) in [5.41, 5.74) is 2.39. The van der Waals surface area contributed by atoms with E-state index in [0.29, 0.717) is 56.1 Å². The van der Waals surface area contributed by atoms with E-state index in [1.54, 1.807) is 27.2 Å². The van der Waals surface area contributed by atoms with Crippen LogP contribution in [0.5, 0.6) is 11.5 Å². The summed E-state index contributed by atoms with van der Waals surface area (Å²) < 4.78 is 43.2. The zero-order valence-corrected chi connectivity index (χ0v) is 23.2. The molecule has 2 aliphatic rings. The van der Waals surface area contributed by atoms with E-state index in [9.17, 15) is 8.42 Å². The van der Waals surface area contributed by atoms with Gasteiger partial charge in [-0.2, -0.15) is 10.1 Å². The second-order valence-electron chi connectivity index (χ2n) is 10.3. The highest BCUT2D eigenvalue weighted by atomic mass is 32.2. The van der Waals surface area contributed by atoms with E-state index in [-0.39, 0.29) is 12.1 Å². The highest BCUT2D eigenvalue weighted by Crippen LogP contribution is 2.44. The van der Waals surface area contributed by atoms with Crippen molar-refractivity contribution in [2.24, 2.45) is 0 Å². The van der Waals surface area contributed by atoms with Crippen LogP contribution in [0.3, 0.4) is 0 Å². The van der Waals surface area contributed by atoms with Crippen molar-refractivity contribution in [1.29, 1.82) is 0 Å². The summed E-state index contributed by atoms with van der Waals surface area (Å²) in [5, 5.41) is 7.75. The predicted octanol–water partition coefficient (Wildman–Crippen LogP) is 2.61. The predicted molar refractivity (Wildman–Crippen MR) is 144 cm³/mol. The Morgan fingerprint density at radius 3 is 2.61 bits per heavy atom. The summed E-state index contributed by atoms with van der Waals surface area (Å²) >= 11 is 0. The molecule has 1 aromatic carbocycles. The largest absolute Gasteiger partial charge is 0.497 e. The van der Waals surface area contributed by atoms with Gasteiger partial charge in [0.15, 0.2) is 21.4 Å². The van der Waals surface area contributed by atoms with Gasteiger partial charge in [0, 0.05) is 24.6 Å². The molecule has 0 spiro atoms. The van der Waals surface area contributed by atoms with Crippen LogP contribution in [0, 0.1) is 0 Å². The van der Waals surface area contributed by atoms with E-state index >= 15 is 0 Å². The van der Waals surface area contributed by atoms with Gasteiger partial charge < -0.3 is 24.4 Å². The first-order valence-corrected chi connectivity index (χ1v) is 14.4. The van der Waals surface area contributed by atoms with Crippen LogP contribution in [0.25, 0.3) is 0 Å².